The minimum Gasteiger partial charge on any atom is -0.339 e. The van der Waals surface area contributed by atoms with Crippen LogP contribution >= 0.6 is 23.2 Å². The van der Waals surface area contributed by atoms with E-state index in [1.807, 2.05) is 14.0 Å². The molecule has 1 aromatic carbocycles. The zero-order valence-electron chi connectivity index (χ0n) is 13.3. The number of amides is 2. The SMILES string of the molecule is CNCC(C)C(=O)N1CCN(C(=O)c2c(Cl)cccc2Cl)CC1. The molecule has 1 N–H and O–H groups in total. The standard InChI is InChI=1S/C16H21Cl2N3O2/c1-11(10-19-2)15(22)20-6-8-21(9-7-20)16(23)14-12(17)4-3-5-13(14)18/h3-5,11,19H,6-10H2,1-2H3. The number of piperazine rings is 1. The Morgan fingerprint density at radius 2 is 1.65 bits per heavy atom. The largest absolute Gasteiger partial charge is 0.339 e. The molecule has 1 aliphatic rings. The maximum Gasteiger partial charge on any atom is 0.257 e. The summed E-state index contributed by atoms with van der Waals surface area (Å²) in [7, 11) is 1.83. The Bertz CT molecular complexity index is 566. The lowest BCUT2D eigenvalue weighted by Crippen LogP contribution is -2.52. The van der Waals surface area contributed by atoms with Gasteiger partial charge < -0.3 is 15.1 Å². The van der Waals surface area contributed by atoms with Crippen LogP contribution in [0.4, 0.5) is 0 Å². The predicted molar refractivity (Wildman–Crippen MR) is 92.0 cm³/mol. The Kier molecular flexibility index (Phi) is 6.27. The summed E-state index contributed by atoms with van der Waals surface area (Å²) in [6.07, 6.45) is 0. The number of hydrogen-bond acceptors (Lipinski definition) is 3. The van der Waals surface area contributed by atoms with E-state index in [1.54, 1.807) is 28.0 Å². The summed E-state index contributed by atoms with van der Waals surface area (Å²) in [5.41, 5.74) is 0.333. The summed E-state index contributed by atoms with van der Waals surface area (Å²) in [5, 5.41) is 3.71. The molecule has 0 bridgehead atoms. The number of carbonyl (C=O) groups is 2. The molecule has 1 heterocycles. The van der Waals surface area contributed by atoms with E-state index in [0.717, 1.165) is 0 Å². The second kappa shape index (κ2) is 7.99. The molecule has 1 atom stereocenters. The molecule has 23 heavy (non-hydrogen) atoms. The number of rotatable bonds is 4. The zero-order valence-corrected chi connectivity index (χ0v) is 14.8. The van der Waals surface area contributed by atoms with Crippen molar-refractivity contribution in [3.05, 3.63) is 33.8 Å². The van der Waals surface area contributed by atoms with Crippen LogP contribution in [-0.4, -0.2) is 61.4 Å². The Morgan fingerprint density at radius 3 is 2.17 bits per heavy atom. The fourth-order valence-corrected chi connectivity index (χ4v) is 3.25. The van der Waals surface area contributed by atoms with Gasteiger partial charge in [0, 0.05) is 38.6 Å². The highest BCUT2D eigenvalue weighted by molar-refractivity contribution is 6.39. The summed E-state index contributed by atoms with van der Waals surface area (Å²) >= 11 is 12.2. The summed E-state index contributed by atoms with van der Waals surface area (Å²) < 4.78 is 0. The second-order valence-electron chi connectivity index (χ2n) is 5.67. The lowest BCUT2D eigenvalue weighted by atomic mass is 10.1. The minimum atomic E-state index is -0.184. The van der Waals surface area contributed by atoms with Crippen molar-refractivity contribution in [2.24, 2.45) is 5.92 Å². The average molecular weight is 358 g/mol. The molecule has 1 saturated heterocycles. The number of carbonyl (C=O) groups excluding carboxylic acids is 2. The van der Waals surface area contributed by atoms with Crippen LogP contribution in [0.3, 0.4) is 0 Å². The molecular formula is C16H21Cl2N3O2. The molecule has 1 unspecified atom stereocenters. The van der Waals surface area contributed by atoms with E-state index >= 15 is 0 Å². The quantitative estimate of drug-likeness (QED) is 0.897. The molecule has 7 heteroatoms. The van der Waals surface area contributed by atoms with Gasteiger partial charge in [0.25, 0.3) is 5.91 Å². The third-order valence-corrected chi connectivity index (χ3v) is 4.62. The van der Waals surface area contributed by atoms with Crippen LogP contribution in [0.25, 0.3) is 0 Å². The Labute approximate surface area is 146 Å². The van der Waals surface area contributed by atoms with Gasteiger partial charge in [-0.25, -0.2) is 0 Å². The van der Waals surface area contributed by atoms with E-state index in [1.165, 1.54) is 0 Å². The van der Waals surface area contributed by atoms with Crippen LogP contribution in [-0.2, 0) is 4.79 Å². The molecule has 1 aromatic rings. The van der Waals surface area contributed by atoms with Crippen LogP contribution < -0.4 is 5.32 Å². The summed E-state index contributed by atoms with van der Waals surface area (Å²) in [4.78, 5) is 28.4. The summed E-state index contributed by atoms with van der Waals surface area (Å²) in [6, 6.07) is 5.01. The monoisotopic (exact) mass is 357 g/mol. The van der Waals surface area contributed by atoms with Crippen LogP contribution in [0.2, 0.25) is 10.0 Å². The highest BCUT2D eigenvalue weighted by atomic mass is 35.5. The molecule has 0 aromatic heterocycles. The molecule has 0 radical (unpaired) electrons. The first kappa shape index (κ1) is 18.0. The van der Waals surface area contributed by atoms with Gasteiger partial charge in [-0.2, -0.15) is 0 Å². The van der Waals surface area contributed by atoms with Gasteiger partial charge in [0.05, 0.1) is 15.6 Å². The maximum atomic E-state index is 12.6. The topological polar surface area (TPSA) is 52.7 Å². The van der Waals surface area contributed by atoms with E-state index in [2.05, 4.69) is 5.32 Å². The molecular weight excluding hydrogens is 337 g/mol. The average Bonchev–Trinajstić information content (AvgIpc) is 2.54. The fraction of sp³-hybridized carbons (Fsp3) is 0.500. The van der Waals surface area contributed by atoms with Crippen molar-refractivity contribution in [3.63, 3.8) is 0 Å². The number of hydrogen-bond donors (Lipinski definition) is 1. The summed E-state index contributed by atoms with van der Waals surface area (Å²) in [6.45, 7) is 4.57. The van der Waals surface area contributed by atoms with Crippen molar-refractivity contribution in [2.45, 2.75) is 6.92 Å². The fourth-order valence-electron chi connectivity index (χ4n) is 2.70. The van der Waals surface area contributed by atoms with Crippen LogP contribution in [0.5, 0.6) is 0 Å². The molecule has 0 spiro atoms. The van der Waals surface area contributed by atoms with Gasteiger partial charge in [0.15, 0.2) is 0 Å². The predicted octanol–water partition coefficient (Wildman–Crippen LogP) is 2.13. The third-order valence-electron chi connectivity index (χ3n) is 3.99. The molecule has 126 valence electrons. The van der Waals surface area contributed by atoms with Gasteiger partial charge in [-0.05, 0) is 19.2 Å². The molecule has 2 rings (SSSR count). The lowest BCUT2D eigenvalue weighted by Gasteiger charge is -2.36. The van der Waals surface area contributed by atoms with E-state index in [-0.39, 0.29) is 17.7 Å². The highest BCUT2D eigenvalue weighted by Gasteiger charge is 2.28. The van der Waals surface area contributed by atoms with Gasteiger partial charge in [-0.1, -0.05) is 36.2 Å². The van der Waals surface area contributed by atoms with Gasteiger partial charge in [0.2, 0.25) is 5.91 Å². The van der Waals surface area contributed by atoms with Crippen molar-refractivity contribution < 1.29 is 9.59 Å². The number of nitrogens with one attached hydrogen (secondary N) is 1. The highest BCUT2D eigenvalue weighted by Crippen LogP contribution is 2.26. The Morgan fingerprint density at radius 1 is 1.13 bits per heavy atom. The van der Waals surface area contributed by atoms with Crippen molar-refractivity contribution in [3.8, 4) is 0 Å². The normalized spacial score (nSPS) is 16.3. The lowest BCUT2D eigenvalue weighted by molar-refractivity contribution is -0.136. The van der Waals surface area contributed by atoms with Gasteiger partial charge in [-0.3, -0.25) is 9.59 Å². The Hall–Kier alpha value is -1.30. The first-order valence-corrected chi connectivity index (χ1v) is 8.38. The molecule has 0 saturated carbocycles. The molecule has 2 amide bonds. The van der Waals surface area contributed by atoms with Crippen LogP contribution in [0.1, 0.15) is 17.3 Å². The first-order valence-electron chi connectivity index (χ1n) is 7.62. The second-order valence-corrected chi connectivity index (χ2v) is 6.49. The van der Waals surface area contributed by atoms with E-state index < -0.39 is 0 Å². The van der Waals surface area contributed by atoms with Gasteiger partial charge in [-0.15, -0.1) is 0 Å². The number of benzene rings is 1. The molecule has 1 fully saturated rings. The smallest absolute Gasteiger partial charge is 0.257 e. The van der Waals surface area contributed by atoms with E-state index in [0.29, 0.717) is 48.3 Å². The van der Waals surface area contributed by atoms with Crippen molar-refractivity contribution >= 4 is 35.0 Å². The van der Waals surface area contributed by atoms with Gasteiger partial charge >= 0.3 is 0 Å². The molecule has 5 nitrogen and oxygen atoms in total. The van der Waals surface area contributed by atoms with Crippen molar-refractivity contribution in [1.82, 2.24) is 15.1 Å². The minimum absolute atomic E-state index is 0.0692. The molecule has 0 aliphatic carbocycles. The van der Waals surface area contributed by atoms with E-state index in [4.69, 9.17) is 23.2 Å². The van der Waals surface area contributed by atoms with Crippen molar-refractivity contribution in [1.29, 1.82) is 0 Å². The summed E-state index contributed by atoms with van der Waals surface area (Å²) in [5.74, 6) is -0.140. The van der Waals surface area contributed by atoms with Gasteiger partial charge in [0.1, 0.15) is 0 Å². The maximum absolute atomic E-state index is 12.6. The third kappa shape index (κ3) is 4.16. The Balaban J connectivity index is 1.99. The van der Waals surface area contributed by atoms with Crippen LogP contribution in [0.15, 0.2) is 18.2 Å². The van der Waals surface area contributed by atoms with Crippen molar-refractivity contribution in [2.75, 3.05) is 39.8 Å². The number of nitrogens with zero attached hydrogens (tertiary/aromatic N) is 2. The molecule has 1 aliphatic heterocycles. The zero-order chi connectivity index (χ0) is 17.0. The first-order chi connectivity index (χ1) is 11.0. The van der Waals surface area contributed by atoms with Crippen LogP contribution in [0, 0.1) is 5.92 Å². The van der Waals surface area contributed by atoms with E-state index in [9.17, 15) is 9.59 Å². The number of halogens is 2.